The number of hydrogen-bond donors (Lipinski definition) is 0. The molecular weight excluding hydrogens is 544 g/mol. The Kier molecular flexibility index (Phi) is 3.18. The highest BCUT2D eigenvalue weighted by Gasteiger charge is 2.18. The molecule has 1 aromatic heterocycles. The Morgan fingerprint density at radius 2 is 0.778 bits per heavy atom. The van der Waals surface area contributed by atoms with E-state index in [2.05, 4.69) is 0 Å². The summed E-state index contributed by atoms with van der Waals surface area (Å²) in [6.07, 6.45) is 0. The predicted octanol–water partition coefficient (Wildman–Crippen LogP) is 12.6. The van der Waals surface area contributed by atoms with Crippen molar-refractivity contribution >= 4 is 43.5 Å². The molecule has 1 heteroatoms. The summed E-state index contributed by atoms with van der Waals surface area (Å²) in [5.41, 5.74) is 0.271. The summed E-state index contributed by atoms with van der Waals surface area (Å²) in [6.45, 7) is 0. The van der Waals surface area contributed by atoms with Crippen LogP contribution in [0.1, 0.15) is 23.3 Å². The summed E-state index contributed by atoms with van der Waals surface area (Å²) in [6, 6.07) is 6.97. The molecular formula is C44H28O. The van der Waals surface area contributed by atoms with Crippen molar-refractivity contribution in [1.82, 2.24) is 0 Å². The molecule has 0 N–H and O–H groups in total. The van der Waals surface area contributed by atoms with Crippen LogP contribution in [0.2, 0.25) is 0 Å². The average molecular weight is 590 g/mol. The first-order valence-corrected chi connectivity index (χ1v) is 14.1. The molecule has 9 rings (SSSR count). The van der Waals surface area contributed by atoms with Crippen molar-refractivity contribution in [1.29, 1.82) is 0 Å². The Morgan fingerprint density at radius 1 is 0.333 bits per heavy atom. The van der Waals surface area contributed by atoms with Crippen molar-refractivity contribution in [3.63, 3.8) is 0 Å². The lowest BCUT2D eigenvalue weighted by Crippen LogP contribution is -1.90. The zero-order valence-electron chi connectivity index (χ0n) is 40.3. The van der Waals surface area contributed by atoms with E-state index >= 15 is 0 Å². The van der Waals surface area contributed by atoms with E-state index in [1.165, 1.54) is 0 Å². The molecule has 0 radical (unpaired) electrons. The fraction of sp³-hybridized carbons (Fsp3) is 0. The fourth-order valence-corrected chi connectivity index (χ4v) is 5.93. The molecule has 210 valence electrons. The second-order valence-electron chi connectivity index (χ2n) is 10.3. The summed E-state index contributed by atoms with van der Waals surface area (Å²) in [5, 5.41) is -0.721. The molecule has 0 amide bonds. The van der Waals surface area contributed by atoms with Crippen LogP contribution in [-0.4, -0.2) is 0 Å². The van der Waals surface area contributed by atoms with Gasteiger partial charge in [-0.05, 0) is 54.9 Å². The Labute approximate surface area is 285 Å². The number of fused-ring (bicyclic) bond motifs is 5. The van der Waals surface area contributed by atoms with Gasteiger partial charge in [-0.2, -0.15) is 0 Å². The number of rotatable bonds is 4. The minimum Gasteiger partial charge on any atom is -0.455 e. The fourth-order valence-electron chi connectivity index (χ4n) is 5.93. The molecule has 0 aliphatic carbocycles. The Hall–Kier alpha value is -5.92. The van der Waals surface area contributed by atoms with Gasteiger partial charge in [0, 0.05) is 21.9 Å². The molecule has 0 fully saturated rings. The molecule has 8 aromatic carbocycles. The maximum Gasteiger partial charge on any atom is 0.143 e. The van der Waals surface area contributed by atoms with Crippen molar-refractivity contribution in [3.05, 3.63) is 169 Å². The van der Waals surface area contributed by atoms with Crippen LogP contribution in [0, 0.1) is 0 Å². The Balaban J connectivity index is 1.46. The summed E-state index contributed by atoms with van der Waals surface area (Å²) in [4.78, 5) is 0. The monoisotopic (exact) mass is 589 g/mol. The quantitative estimate of drug-likeness (QED) is 0.186. The lowest BCUT2D eigenvalue weighted by molar-refractivity contribution is 0.671. The highest BCUT2D eigenvalue weighted by molar-refractivity contribution is 6.21. The van der Waals surface area contributed by atoms with Gasteiger partial charge in [0.05, 0.1) is 23.3 Å². The highest BCUT2D eigenvalue weighted by Crippen LogP contribution is 2.44. The minimum atomic E-state index is -0.827. The normalized spacial score (nSPS) is 16.8. The lowest BCUT2D eigenvalue weighted by atomic mass is 9.85. The number of hydrogen-bond acceptors (Lipinski definition) is 1. The second kappa shape index (κ2) is 10.4. The van der Waals surface area contributed by atoms with E-state index < -0.39 is 147 Å². The molecule has 45 heavy (non-hydrogen) atoms. The first-order valence-electron chi connectivity index (χ1n) is 22.6. The van der Waals surface area contributed by atoms with Gasteiger partial charge in [-0.1, -0.05) is 169 Å². The standard InChI is InChI=1S/C44H28O/c1-3-13-29(14-4-1)33-21-11-23-39-40-24-12-22-34(44(40)45-43(33)39)30-25-27-32(28-26-30)42-37-19-9-7-17-35(37)41(31-15-5-2-6-16-31)36-18-8-10-20-38(36)42/h1-28H/i2D,5D,6D,7D,8D,9D,10D,15D,16D,17D,18D,19D,20D,25D,26D,27D,28D. The van der Waals surface area contributed by atoms with Gasteiger partial charge in [-0.25, -0.2) is 0 Å². The Bertz CT molecular complexity index is 3350. The highest BCUT2D eigenvalue weighted by atomic mass is 16.3. The van der Waals surface area contributed by atoms with Crippen LogP contribution < -0.4 is 0 Å². The van der Waals surface area contributed by atoms with Crippen molar-refractivity contribution in [2.75, 3.05) is 0 Å². The van der Waals surface area contributed by atoms with Crippen LogP contribution >= 0.6 is 0 Å². The molecule has 0 saturated carbocycles. The first-order chi connectivity index (χ1) is 29.4. The van der Waals surface area contributed by atoms with E-state index in [9.17, 15) is 11.0 Å². The maximum atomic E-state index is 9.54. The third-order valence-corrected chi connectivity index (χ3v) is 7.88. The van der Waals surface area contributed by atoms with Crippen molar-refractivity contribution in [2.45, 2.75) is 0 Å². The summed E-state index contributed by atoms with van der Waals surface area (Å²) < 4.78 is 159. The molecule has 1 heterocycles. The zero-order chi connectivity index (χ0) is 44.5. The Morgan fingerprint density at radius 3 is 1.31 bits per heavy atom. The summed E-state index contributed by atoms with van der Waals surface area (Å²) in [5.74, 6) is 0. The van der Waals surface area contributed by atoms with Crippen LogP contribution in [-0.2, 0) is 0 Å². The van der Waals surface area contributed by atoms with Gasteiger partial charge < -0.3 is 4.42 Å². The predicted molar refractivity (Wildman–Crippen MR) is 190 cm³/mol. The van der Waals surface area contributed by atoms with Gasteiger partial charge in [0.2, 0.25) is 0 Å². The van der Waals surface area contributed by atoms with E-state index in [0.29, 0.717) is 11.0 Å². The third-order valence-electron chi connectivity index (χ3n) is 7.88. The van der Waals surface area contributed by atoms with Gasteiger partial charge in [0.15, 0.2) is 0 Å². The van der Waals surface area contributed by atoms with E-state index in [1.807, 2.05) is 48.5 Å². The molecule has 0 atom stereocenters. The lowest BCUT2D eigenvalue weighted by Gasteiger charge is -2.18. The molecule has 0 aliphatic rings. The van der Waals surface area contributed by atoms with Crippen LogP contribution in [0.4, 0.5) is 0 Å². The number of furan rings is 1. The number of benzene rings is 8. The van der Waals surface area contributed by atoms with Crippen LogP contribution in [0.15, 0.2) is 174 Å². The van der Waals surface area contributed by atoms with Crippen LogP contribution in [0.5, 0.6) is 0 Å². The van der Waals surface area contributed by atoms with E-state index in [1.54, 1.807) is 18.2 Å². The molecule has 0 saturated heterocycles. The van der Waals surface area contributed by atoms with E-state index in [0.717, 1.165) is 16.5 Å². The van der Waals surface area contributed by atoms with Gasteiger partial charge in [0.1, 0.15) is 11.2 Å². The molecule has 1 nitrogen and oxygen atoms in total. The molecule has 0 unspecified atom stereocenters. The molecule has 9 aromatic rings. The smallest absolute Gasteiger partial charge is 0.143 e. The van der Waals surface area contributed by atoms with Crippen molar-refractivity contribution < 1.29 is 27.7 Å². The molecule has 0 bridgehead atoms. The van der Waals surface area contributed by atoms with Crippen LogP contribution in [0.3, 0.4) is 0 Å². The molecule has 0 spiro atoms. The minimum absolute atomic E-state index is 0.178. The largest absolute Gasteiger partial charge is 0.455 e. The van der Waals surface area contributed by atoms with Gasteiger partial charge in [-0.15, -0.1) is 0 Å². The second-order valence-corrected chi connectivity index (χ2v) is 10.3. The SMILES string of the molecule is [2H]c1c([2H])c([2H])c(-c2c3c([2H])c([2H])c([2H])c([2H])c3c(-c3c([2H])c([2H])c(-c4cccc5c4oc4c(-c6ccccc6)cccc45)c([2H])c3[2H])c3c([2H])c([2H])c([2H])c([2H])c23)c([2H])c1[2H]. The van der Waals surface area contributed by atoms with Crippen LogP contribution in [0.25, 0.3) is 88.0 Å². The van der Waals surface area contributed by atoms with Crippen molar-refractivity contribution in [3.8, 4) is 44.5 Å². The first kappa shape index (κ1) is 13.8. The summed E-state index contributed by atoms with van der Waals surface area (Å²) in [7, 11) is 0. The van der Waals surface area contributed by atoms with Gasteiger partial charge in [-0.3, -0.25) is 0 Å². The summed E-state index contributed by atoms with van der Waals surface area (Å²) >= 11 is 0. The van der Waals surface area contributed by atoms with Crippen molar-refractivity contribution in [2.24, 2.45) is 0 Å². The third kappa shape index (κ3) is 4.09. The average Bonchev–Trinajstić information content (AvgIpc) is 3.66. The maximum absolute atomic E-state index is 9.54. The van der Waals surface area contributed by atoms with Gasteiger partial charge in [0.25, 0.3) is 0 Å². The zero-order valence-corrected chi connectivity index (χ0v) is 23.3. The number of para-hydroxylation sites is 2. The van der Waals surface area contributed by atoms with E-state index in [-0.39, 0.29) is 16.7 Å². The van der Waals surface area contributed by atoms with E-state index in [4.69, 9.17) is 16.8 Å². The van der Waals surface area contributed by atoms with Gasteiger partial charge >= 0.3 is 0 Å². The molecule has 0 aliphatic heterocycles. The topological polar surface area (TPSA) is 13.1 Å².